The van der Waals surface area contributed by atoms with E-state index in [4.69, 9.17) is 27.9 Å². The highest BCUT2D eigenvalue weighted by Gasteiger charge is 2.29. The largest absolute Gasteiger partial charge is 0.484 e. The Morgan fingerprint density at radius 2 is 1.83 bits per heavy atom. The maximum absolute atomic E-state index is 13.1. The van der Waals surface area contributed by atoms with Gasteiger partial charge in [-0.2, -0.15) is 0 Å². The SMILES string of the molecule is CCC(C(=O)NC(C)C)N(Cc1ccc(Cl)c(Cl)c1)C(=O)COc1cccc(C)c1. The van der Waals surface area contributed by atoms with Crippen LogP contribution in [0.5, 0.6) is 5.75 Å². The van der Waals surface area contributed by atoms with Crippen LogP contribution >= 0.6 is 23.2 Å². The lowest BCUT2D eigenvalue weighted by Crippen LogP contribution is -2.51. The van der Waals surface area contributed by atoms with Crippen LogP contribution in [-0.4, -0.2) is 35.4 Å². The summed E-state index contributed by atoms with van der Waals surface area (Å²) >= 11 is 12.1. The van der Waals surface area contributed by atoms with Crippen LogP contribution in [-0.2, 0) is 16.1 Å². The Morgan fingerprint density at radius 1 is 1.10 bits per heavy atom. The minimum atomic E-state index is -0.629. The number of nitrogens with one attached hydrogen (secondary N) is 1. The first-order valence-corrected chi connectivity index (χ1v) is 10.7. The Kier molecular flexibility index (Phi) is 9.00. The highest BCUT2D eigenvalue weighted by Crippen LogP contribution is 2.24. The molecule has 2 amide bonds. The summed E-state index contributed by atoms with van der Waals surface area (Å²) in [6.07, 6.45) is 0.468. The van der Waals surface area contributed by atoms with Crippen LogP contribution in [0.3, 0.4) is 0 Å². The highest BCUT2D eigenvalue weighted by molar-refractivity contribution is 6.42. The molecule has 2 aromatic carbocycles. The molecular formula is C23H28Cl2N2O3. The molecule has 0 bridgehead atoms. The average molecular weight is 451 g/mol. The first-order valence-electron chi connectivity index (χ1n) is 9.94. The molecule has 0 heterocycles. The zero-order valence-corrected chi connectivity index (χ0v) is 19.3. The number of hydrogen-bond donors (Lipinski definition) is 1. The number of halogens is 2. The molecule has 2 aromatic rings. The lowest BCUT2D eigenvalue weighted by atomic mass is 10.1. The standard InChI is InChI=1S/C23H28Cl2N2O3/c1-5-21(23(29)26-15(2)3)27(13-17-9-10-19(24)20(25)12-17)22(28)14-30-18-8-6-7-16(4)11-18/h6-12,15,21H,5,13-14H2,1-4H3,(H,26,29). The molecule has 30 heavy (non-hydrogen) atoms. The third-order valence-electron chi connectivity index (χ3n) is 4.51. The van der Waals surface area contributed by atoms with Gasteiger partial charge in [0, 0.05) is 12.6 Å². The molecule has 0 radical (unpaired) electrons. The molecular weight excluding hydrogens is 423 g/mol. The molecule has 0 aliphatic carbocycles. The summed E-state index contributed by atoms with van der Waals surface area (Å²) in [4.78, 5) is 27.4. The van der Waals surface area contributed by atoms with Gasteiger partial charge in [-0.3, -0.25) is 9.59 Å². The predicted octanol–water partition coefficient (Wildman–Crippen LogP) is 5.01. The number of rotatable bonds is 9. The van der Waals surface area contributed by atoms with Crippen LogP contribution in [0.1, 0.15) is 38.3 Å². The summed E-state index contributed by atoms with van der Waals surface area (Å²) in [5.41, 5.74) is 1.82. The van der Waals surface area contributed by atoms with Crippen molar-refractivity contribution in [2.45, 2.75) is 52.7 Å². The molecule has 0 aromatic heterocycles. The second-order valence-corrected chi connectivity index (χ2v) is 8.28. The number of carbonyl (C=O) groups is 2. The first kappa shape index (κ1) is 24.0. The van der Waals surface area contributed by atoms with Crippen molar-refractivity contribution in [3.05, 3.63) is 63.6 Å². The van der Waals surface area contributed by atoms with Crippen LogP contribution in [0.25, 0.3) is 0 Å². The molecule has 1 unspecified atom stereocenters. The molecule has 0 spiro atoms. The maximum Gasteiger partial charge on any atom is 0.261 e. The molecule has 7 heteroatoms. The van der Waals surface area contributed by atoms with Gasteiger partial charge in [0.15, 0.2) is 6.61 Å². The topological polar surface area (TPSA) is 58.6 Å². The zero-order chi connectivity index (χ0) is 22.3. The van der Waals surface area contributed by atoms with Crippen molar-refractivity contribution >= 4 is 35.0 Å². The van der Waals surface area contributed by atoms with Crippen molar-refractivity contribution in [3.63, 3.8) is 0 Å². The molecule has 1 atom stereocenters. The minimum Gasteiger partial charge on any atom is -0.484 e. The Balaban J connectivity index is 2.24. The Hall–Kier alpha value is -2.24. The number of carbonyl (C=O) groups excluding carboxylic acids is 2. The van der Waals surface area contributed by atoms with Gasteiger partial charge >= 0.3 is 0 Å². The van der Waals surface area contributed by atoms with Crippen LogP contribution < -0.4 is 10.1 Å². The van der Waals surface area contributed by atoms with E-state index in [1.165, 1.54) is 4.90 Å². The van der Waals surface area contributed by atoms with Crippen molar-refractivity contribution in [2.24, 2.45) is 0 Å². The number of aryl methyl sites for hydroxylation is 1. The van der Waals surface area contributed by atoms with Gasteiger partial charge in [-0.15, -0.1) is 0 Å². The molecule has 0 aliphatic heterocycles. The van der Waals surface area contributed by atoms with E-state index in [0.717, 1.165) is 11.1 Å². The molecule has 0 saturated carbocycles. The second kappa shape index (κ2) is 11.2. The molecule has 0 aliphatic rings. The van der Waals surface area contributed by atoms with Gasteiger partial charge in [-0.1, -0.05) is 48.3 Å². The van der Waals surface area contributed by atoms with Gasteiger partial charge < -0.3 is 15.0 Å². The fraction of sp³-hybridized carbons (Fsp3) is 0.391. The smallest absolute Gasteiger partial charge is 0.261 e. The highest BCUT2D eigenvalue weighted by atomic mass is 35.5. The summed E-state index contributed by atoms with van der Waals surface area (Å²) in [7, 11) is 0. The van der Waals surface area contributed by atoms with E-state index in [0.29, 0.717) is 22.2 Å². The summed E-state index contributed by atoms with van der Waals surface area (Å²) in [6, 6.07) is 12.0. The zero-order valence-electron chi connectivity index (χ0n) is 17.7. The molecule has 5 nitrogen and oxygen atoms in total. The summed E-state index contributed by atoms with van der Waals surface area (Å²) in [5, 5.41) is 3.73. The first-order chi connectivity index (χ1) is 14.2. The Bertz CT molecular complexity index is 887. The van der Waals surface area contributed by atoms with E-state index >= 15 is 0 Å². The van der Waals surface area contributed by atoms with Crippen LogP contribution in [0.4, 0.5) is 0 Å². The Morgan fingerprint density at radius 3 is 2.43 bits per heavy atom. The number of hydrogen-bond acceptors (Lipinski definition) is 3. The third-order valence-corrected chi connectivity index (χ3v) is 5.24. The molecule has 0 fully saturated rings. The van der Waals surface area contributed by atoms with E-state index in [-0.39, 0.29) is 31.0 Å². The van der Waals surface area contributed by atoms with Crippen molar-refractivity contribution in [3.8, 4) is 5.75 Å². The third kappa shape index (κ3) is 6.92. The fourth-order valence-corrected chi connectivity index (χ4v) is 3.39. The van der Waals surface area contributed by atoms with E-state index in [9.17, 15) is 9.59 Å². The number of benzene rings is 2. The second-order valence-electron chi connectivity index (χ2n) is 7.46. The van der Waals surface area contributed by atoms with Crippen molar-refractivity contribution < 1.29 is 14.3 Å². The minimum absolute atomic E-state index is 0.0305. The summed E-state index contributed by atoms with van der Waals surface area (Å²) < 4.78 is 5.70. The van der Waals surface area contributed by atoms with Gasteiger partial charge in [-0.25, -0.2) is 0 Å². The van der Waals surface area contributed by atoms with E-state index in [2.05, 4.69) is 5.32 Å². The molecule has 0 saturated heterocycles. The van der Waals surface area contributed by atoms with E-state index in [1.54, 1.807) is 24.3 Å². The van der Waals surface area contributed by atoms with Crippen molar-refractivity contribution in [1.29, 1.82) is 0 Å². The van der Waals surface area contributed by atoms with Crippen molar-refractivity contribution in [2.75, 3.05) is 6.61 Å². The van der Waals surface area contributed by atoms with Gasteiger partial charge in [-0.05, 0) is 62.6 Å². The fourth-order valence-electron chi connectivity index (χ4n) is 3.07. The van der Waals surface area contributed by atoms with Gasteiger partial charge in [0.05, 0.1) is 10.0 Å². The normalized spacial score (nSPS) is 11.8. The quantitative estimate of drug-likeness (QED) is 0.583. The number of nitrogens with zero attached hydrogens (tertiary/aromatic N) is 1. The summed E-state index contributed by atoms with van der Waals surface area (Å²) in [5.74, 6) is 0.127. The molecule has 162 valence electrons. The number of ether oxygens (including phenoxy) is 1. The van der Waals surface area contributed by atoms with Crippen LogP contribution in [0, 0.1) is 6.92 Å². The van der Waals surface area contributed by atoms with E-state index in [1.807, 2.05) is 45.9 Å². The Labute approximate surface area is 188 Å². The molecule has 2 rings (SSSR count). The van der Waals surface area contributed by atoms with E-state index < -0.39 is 6.04 Å². The lowest BCUT2D eigenvalue weighted by molar-refractivity contribution is -0.143. The summed E-state index contributed by atoms with van der Waals surface area (Å²) in [6.45, 7) is 7.65. The van der Waals surface area contributed by atoms with Crippen LogP contribution in [0.15, 0.2) is 42.5 Å². The lowest BCUT2D eigenvalue weighted by Gasteiger charge is -2.31. The average Bonchev–Trinajstić information content (AvgIpc) is 2.68. The van der Waals surface area contributed by atoms with Crippen LogP contribution in [0.2, 0.25) is 10.0 Å². The monoisotopic (exact) mass is 450 g/mol. The van der Waals surface area contributed by atoms with Crippen molar-refractivity contribution in [1.82, 2.24) is 10.2 Å². The molecule has 1 N–H and O–H groups in total. The van der Waals surface area contributed by atoms with Gasteiger partial charge in [0.1, 0.15) is 11.8 Å². The van der Waals surface area contributed by atoms with Gasteiger partial charge in [0.25, 0.3) is 5.91 Å². The maximum atomic E-state index is 13.1. The number of amides is 2. The van der Waals surface area contributed by atoms with Gasteiger partial charge in [0.2, 0.25) is 5.91 Å². The predicted molar refractivity (Wildman–Crippen MR) is 121 cm³/mol.